The van der Waals surface area contributed by atoms with Crippen LogP contribution in [0.15, 0.2) is 23.1 Å². The van der Waals surface area contributed by atoms with Crippen molar-refractivity contribution in [2.45, 2.75) is 4.90 Å². The van der Waals surface area contributed by atoms with Crippen molar-refractivity contribution < 1.29 is 4.39 Å². The van der Waals surface area contributed by atoms with E-state index in [1.807, 2.05) is 5.40 Å². The van der Waals surface area contributed by atoms with Crippen molar-refractivity contribution in [3.8, 4) is 5.40 Å². The molecule has 2 nitrogen and oxygen atoms in total. The number of nitrogen functional groups attached to an aromatic ring is 1. The van der Waals surface area contributed by atoms with E-state index in [0.717, 1.165) is 11.8 Å². The van der Waals surface area contributed by atoms with Crippen LogP contribution in [-0.4, -0.2) is 0 Å². The van der Waals surface area contributed by atoms with Gasteiger partial charge >= 0.3 is 0 Å². The lowest BCUT2D eigenvalue weighted by Crippen LogP contribution is -1.87. The van der Waals surface area contributed by atoms with E-state index in [4.69, 9.17) is 11.0 Å². The summed E-state index contributed by atoms with van der Waals surface area (Å²) in [5.41, 5.74) is 5.87. The number of hydrogen-bond donors (Lipinski definition) is 1. The number of rotatable bonds is 1. The Kier molecular flexibility index (Phi) is 2.34. The zero-order valence-corrected chi connectivity index (χ0v) is 6.36. The maximum absolute atomic E-state index is 12.5. The molecule has 0 saturated carbocycles. The Hall–Kier alpha value is -1.21. The van der Waals surface area contributed by atoms with Crippen LogP contribution in [-0.2, 0) is 0 Å². The van der Waals surface area contributed by atoms with E-state index < -0.39 is 0 Å². The summed E-state index contributed by atoms with van der Waals surface area (Å²) in [5, 5.41) is 10.1. The average molecular weight is 168 g/mol. The van der Waals surface area contributed by atoms with Gasteiger partial charge in [0, 0.05) is 10.6 Å². The topological polar surface area (TPSA) is 49.8 Å². The van der Waals surface area contributed by atoms with Gasteiger partial charge in [0.25, 0.3) is 0 Å². The van der Waals surface area contributed by atoms with Crippen molar-refractivity contribution in [1.29, 1.82) is 5.26 Å². The smallest absolute Gasteiger partial charge is 0.138 e. The van der Waals surface area contributed by atoms with Gasteiger partial charge in [0.05, 0.1) is 0 Å². The van der Waals surface area contributed by atoms with Crippen LogP contribution < -0.4 is 5.73 Å². The first-order chi connectivity index (χ1) is 5.24. The van der Waals surface area contributed by atoms with Gasteiger partial charge in [-0.2, -0.15) is 5.26 Å². The Morgan fingerprint density at radius 3 is 2.91 bits per heavy atom. The Labute approximate surface area is 67.8 Å². The molecule has 0 amide bonds. The first-order valence-corrected chi connectivity index (χ1v) is 3.66. The van der Waals surface area contributed by atoms with E-state index in [9.17, 15) is 4.39 Å². The van der Waals surface area contributed by atoms with E-state index in [2.05, 4.69) is 0 Å². The second-order valence-electron chi connectivity index (χ2n) is 1.88. The van der Waals surface area contributed by atoms with Gasteiger partial charge in [0.15, 0.2) is 0 Å². The van der Waals surface area contributed by atoms with Crippen molar-refractivity contribution in [2.75, 3.05) is 5.73 Å². The van der Waals surface area contributed by atoms with E-state index in [-0.39, 0.29) is 5.82 Å². The Morgan fingerprint density at radius 2 is 2.27 bits per heavy atom. The molecule has 0 aliphatic carbocycles. The maximum Gasteiger partial charge on any atom is 0.138 e. The quantitative estimate of drug-likeness (QED) is 0.396. The monoisotopic (exact) mass is 168 g/mol. The van der Waals surface area contributed by atoms with Crippen molar-refractivity contribution in [3.05, 3.63) is 24.0 Å². The normalized spacial score (nSPS) is 9.09. The molecule has 0 atom stereocenters. The van der Waals surface area contributed by atoms with Gasteiger partial charge < -0.3 is 5.73 Å². The number of benzene rings is 1. The highest BCUT2D eigenvalue weighted by molar-refractivity contribution is 8.03. The lowest BCUT2D eigenvalue weighted by Gasteiger charge is -1.98. The second-order valence-corrected chi connectivity index (χ2v) is 2.70. The first kappa shape index (κ1) is 7.89. The molecule has 1 aromatic rings. The highest BCUT2D eigenvalue weighted by Gasteiger charge is 1.99. The van der Waals surface area contributed by atoms with Crippen LogP contribution in [0.3, 0.4) is 0 Å². The minimum absolute atomic E-state index is 0.378. The largest absolute Gasteiger partial charge is 0.398 e. The van der Waals surface area contributed by atoms with Gasteiger partial charge in [-0.15, -0.1) is 0 Å². The predicted molar refractivity (Wildman–Crippen MR) is 42.3 cm³/mol. The lowest BCUT2D eigenvalue weighted by molar-refractivity contribution is 0.624. The zero-order valence-electron chi connectivity index (χ0n) is 5.54. The molecule has 4 heteroatoms. The summed E-state index contributed by atoms with van der Waals surface area (Å²) < 4.78 is 12.5. The molecule has 2 N–H and O–H groups in total. The van der Waals surface area contributed by atoms with Crippen LogP contribution in [0.25, 0.3) is 0 Å². The van der Waals surface area contributed by atoms with Crippen LogP contribution in [0.1, 0.15) is 0 Å². The number of hydrogen-bond acceptors (Lipinski definition) is 3. The molecule has 56 valence electrons. The fourth-order valence-corrected chi connectivity index (χ4v) is 1.10. The number of thiocyanates is 1. The standard InChI is InChI=1S/C7H5FN2S/c8-5-1-2-6(10)7(3-5)11-4-9/h1-3H,10H2. The molecule has 1 aromatic carbocycles. The van der Waals surface area contributed by atoms with Gasteiger partial charge in [-0.1, -0.05) is 0 Å². The average Bonchev–Trinajstić information content (AvgIpc) is 1.98. The van der Waals surface area contributed by atoms with Gasteiger partial charge in [-0.25, -0.2) is 4.39 Å². The summed E-state index contributed by atoms with van der Waals surface area (Å²) in [6.45, 7) is 0. The summed E-state index contributed by atoms with van der Waals surface area (Å²) in [4.78, 5) is 0.465. The molecule has 0 saturated heterocycles. The van der Waals surface area contributed by atoms with Crippen LogP contribution in [0, 0.1) is 16.5 Å². The second kappa shape index (κ2) is 3.26. The van der Waals surface area contributed by atoms with Crippen LogP contribution >= 0.6 is 11.8 Å². The molecule has 0 unspecified atom stereocenters. The van der Waals surface area contributed by atoms with Gasteiger partial charge in [-0.3, -0.25) is 0 Å². The number of nitrogens with two attached hydrogens (primary N) is 1. The zero-order chi connectivity index (χ0) is 8.27. The van der Waals surface area contributed by atoms with Crippen LogP contribution in [0.4, 0.5) is 10.1 Å². The van der Waals surface area contributed by atoms with Crippen molar-refractivity contribution in [2.24, 2.45) is 0 Å². The minimum atomic E-state index is -0.378. The Bertz CT molecular complexity index is 306. The highest BCUT2D eigenvalue weighted by atomic mass is 32.2. The highest BCUT2D eigenvalue weighted by Crippen LogP contribution is 2.24. The summed E-state index contributed by atoms with van der Waals surface area (Å²) in [7, 11) is 0. The van der Waals surface area contributed by atoms with E-state index in [1.54, 1.807) is 0 Å². The summed E-state index contributed by atoms with van der Waals surface area (Å²) in [6, 6.07) is 3.94. The summed E-state index contributed by atoms with van der Waals surface area (Å²) in [5.74, 6) is -0.378. The molecule has 0 aliphatic rings. The molecule has 0 aliphatic heterocycles. The Balaban J connectivity index is 3.05. The lowest BCUT2D eigenvalue weighted by atomic mass is 10.3. The molecule has 0 heterocycles. The van der Waals surface area contributed by atoms with Crippen molar-refractivity contribution in [1.82, 2.24) is 0 Å². The van der Waals surface area contributed by atoms with E-state index in [0.29, 0.717) is 10.6 Å². The molecular weight excluding hydrogens is 163 g/mol. The third-order valence-electron chi connectivity index (χ3n) is 1.13. The molecule has 1 rings (SSSR count). The third-order valence-corrected chi connectivity index (χ3v) is 1.80. The number of thioether (sulfide) groups is 1. The molecule has 0 fully saturated rings. The molecule has 0 aromatic heterocycles. The fraction of sp³-hybridized carbons (Fsp3) is 0. The molecule has 0 spiro atoms. The van der Waals surface area contributed by atoms with Crippen LogP contribution in [0.5, 0.6) is 0 Å². The number of anilines is 1. The van der Waals surface area contributed by atoms with Gasteiger partial charge in [0.1, 0.15) is 11.2 Å². The number of halogens is 1. The number of nitrogens with zero attached hydrogens (tertiary/aromatic N) is 1. The SMILES string of the molecule is N#CSc1cc(F)ccc1N. The van der Waals surface area contributed by atoms with Crippen LogP contribution in [0.2, 0.25) is 0 Å². The van der Waals surface area contributed by atoms with E-state index >= 15 is 0 Å². The third kappa shape index (κ3) is 1.85. The summed E-state index contributed by atoms with van der Waals surface area (Å²) in [6.07, 6.45) is 0. The molecule has 0 bridgehead atoms. The van der Waals surface area contributed by atoms with Gasteiger partial charge in [0.2, 0.25) is 0 Å². The molecular formula is C7H5FN2S. The first-order valence-electron chi connectivity index (χ1n) is 2.85. The van der Waals surface area contributed by atoms with Gasteiger partial charge in [-0.05, 0) is 30.0 Å². The molecule has 0 radical (unpaired) electrons. The Morgan fingerprint density at radius 1 is 1.55 bits per heavy atom. The maximum atomic E-state index is 12.5. The fourth-order valence-electron chi connectivity index (χ4n) is 0.646. The van der Waals surface area contributed by atoms with E-state index in [1.165, 1.54) is 18.2 Å². The van der Waals surface area contributed by atoms with Crippen molar-refractivity contribution >= 4 is 17.4 Å². The van der Waals surface area contributed by atoms with Crippen molar-refractivity contribution in [3.63, 3.8) is 0 Å². The molecule has 11 heavy (non-hydrogen) atoms. The predicted octanol–water partition coefficient (Wildman–Crippen LogP) is 1.98. The number of nitriles is 1. The minimum Gasteiger partial charge on any atom is -0.398 e. The summed E-state index contributed by atoms with van der Waals surface area (Å²) >= 11 is 0.857.